The van der Waals surface area contributed by atoms with E-state index in [1.165, 1.54) is 22.3 Å². The fraction of sp³-hybridized carbons (Fsp3) is 0.167. The molecule has 5 aromatic carbocycles. The number of rotatable bonds is 8. The molecule has 0 atom stereocenters. The Labute approximate surface area is 237 Å². The topological polar surface area (TPSA) is 70.5 Å². The van der Waals surface area contributed by atoms with Gasteiger partial charge in [-0.05, 0) is 70.8 Å². The Morgan fingerprint density at radius 3 is 0.975 bits per heavy atom. The second-order valence-corrected chi connectivity index (χ2v) is 11.2. The van der Waals surface area contributed by atoms with Gasteiger partial charge < -0.3 is 20.9 Å². The lowest BCUT2D eigenvalue weighted by Gasteiger charge is -2.29. The van der Waals surface area contributed by atoms with Crippen LogP contribution >= 0.6 is 0 Å². The van der Waals surface area contributed by atoms with Crippen molar-refractivity contribution in [2.45, 2.75) is 38.5 Å². The normalized spacial score (nSPS) is 11.7. The number of ether oxygens (including phenoxy) is 2. The molecule has 4 nitrogen and oxygen atoms in total. The lowest BCUT2D eigenvalue weighted by atomic mass is 9.74. The molecular weight excluding hydrogens is 492 g/mol. The van der Waals surface area contributed by atoms with Crippen LogP contribution in [0.15, 0.2) is 121 Å². The summed E-state index contributed by atoms with van der Waals surface area (Å²) in [4.78, 5) is 0. The summed E-state index contributed by atoms with van der Waals surface area (Å²) in [5.41, 5.74) is 17.9. The van der Waals surface area contributed by atoms with E-state index in [0.29, 0.717) is 22.9 Å². The molecule has 0 aromatic heterocycles. The molecular formula is C36H36N2O2. The SMILES string of the molecule is CC(C)(c1ccc(Oc2ccccc2N)cc1)c1ccc(C(C)(C)c2ccc(Oc3ccccc3N)cc2)cc1. The van der Waals surface area contributed by atoms with E-state index in [1.807, 2.05) is 72.8 Å². The number of para-hydroxylation sites is 4. The van der Waals surface area contributed by atoms with E-state index in [1.54, 1.807) is 0 Å². The molecule has 0 bridgehead atoms. The van der Waals surface area contributed by atoms with Crippen LogP contribution in [0, 0.1) is 0 Å². The van der Waals surface area contributed by atoms with Crippen LogP contribution in [0.4, 0.5) is 11.4 Å². The van der Waals surface area contributed by atoms with Gasteiger partial charge in [0, 0.05) is 10.8 Å². The summed E-state index contributed by atoms with van der Waals surface area (Å²) in [7, 11) is 0. The van der Waals surface area contributed by atoms with Gasteiger partial charge in [0.25, 0.3) is 0 Å². The van der Waals surface area contributed by atoms with Crippen LogP contribution in [0.25, 0.3) is 0 Å². The molecule has 0 heterocycles. The average molecular weight is 529 g/mol. The summed E-state index contributed by atoms with van der Waals surface area (Å²) in [6.07, 6.45) is 0. The third kappa shape index (κ3) is 5.52. The first-order chi connectivity index (χ1) is 19.1. The Morgan fingerprint density at radius 2 is 0.675 bits per heavy atom. The zero-order valence-electron chi connectivity index (χ0n) is 23.5. The molecule has 0 aliphatic carbocycles. The summed E-state index contributed by atoms with van der Waals surface area (Å²) in [6.45, 7) is 8.99. The molecule has 0 saturated heterocycles. The van der Waals surface area contributed by atoms with Gasteiger partial charge in [0.05, 0.1) is 11.4 Å². The molecule has 202 valence electrons. The van der Waals surface area contributed by atoms with E-state index >= 15 is 0 Å². The van der Waals surface area contributed by atoms with Crippen molar-refractivity contribution in [3.8, 4) is 23.0 Å². The Kier molecular flexibility index (Phi) is 7.27. The third-order valence-electron chi connectivity index (χ3n) is 7.77. The van der Waals surface area contributed by atoms with Gasteiger partial charge in [0.2, 0.25) is 0 Å². The van der Waals surface area contributed by atoms with Crippen molar-refractivity contribution < 1.29 is 9.47 Å². The van der Waals surface area contributed by atoms with Crippen LogP contribution in [0.2, 0.25) is 0 Å². The molecule has 0 fully saturated rings. The number of nitrogens with two attached hydrogens (primary N) is 2. The molecule has 5 rings (SSSR count). The van der Waals surface area contributed by atoms with E-state index in [-0.39, 0.29) is 10.8 Å². The summed E-state index contributed by atoms with van der Waals surface area (Å²) >= 11 is 0. The van der Waals surface area contributed by atoms with Gasteiger partial charge >= 0.3 is 0 Å². The predicted molar refractivity (Wildman–Crippen MR) is 165 cm³/mol. The van der Waals surface area contributed by atoms with E-state index in [4.69, 9.17) is 20.9 Å². The van der Waals surface area contributed by atoms with Gasteiger partial charge in [-0.25, -0.2) is 0 Å². The summed E-state index contributed by atoms with van der Waals surface area (Å²) in [5.74, 6) is 2.85. The maximum absolute atomic E-state index is 6.03. The molecule has 0 aliphatic heterocycles. The van der Waals surface area contributed by atoms with Crippen LogP contribution < -0.4 is 20.9 Å². The van der Waals surface area contributed by atoms with E-state index < -0.39 is 0 Å². The molecule has 0 radical (unpaired) electrons. The number of nitrogen functional groups attached to an aromatic ring is 2. The first-order valence-electron chi connectivity index (χ1n) is 13.5. The summed E-state index contributed by atoms with van der Waals surface area (Å²) in [6, 6.07) is 40.5. The second kappa shape index (κ2) is 10.8. The molecule has 4 heteroatoms. The highest BCUT2D eigenvalue weighted by molar-refractivity contribution is 5.55. The van der Waals surface area contributed by atoms with Crippen molar-refractivity contribution in [3.63, 3.8) is 0 Å². The lowest BCUT2D eigenvalue weighted by molar-refractivity contribution is 0.484. The average Bonchev–Trinajstić information content (AvgIpc) is 2.96. The second-order valence-electron chi connectivity index (χ2n) is 11.2. The largest absolute Gasteiger partial charge is 0.455 e. The fourth-order valence-corrected chi connectivity index (χ4v) is 4.92. The number of benzene rings is 5. The quantitative estimate of drug-likeness (QED) is 0.197. The van der Waals surface area contributed by atoms with Gasteiger partial charge in [0.15, 0.2) is 0 Å². The van der Waals surface area contributed by atoms with Crippen molar-refractivity contribution >= 4 is 11.4 Å². The molecule has 0 spiro atoms. The Morgan fingerprint density at radius 1 is 0.400 bits per heavy atom. The molecule has 4 N–H and O–H groups in total. The highest BCUT2D eigenvalue weighted by Gasteiger charge is 2.26. The van der Waals surface area contributed by atoms with Crippen molar-refractivity contribution in [1.29, 1.82) is 0 Å². The van der Waals surface area contributed by atoms with E-state index in [9.17, 15) is 0 Å². The monoisotopic (exact) mass is 528 g/mol. The van der Waals surface area contributed by atoms with Gasteiger partial charge in [-0.3, -0.25) is 0 Å². The molecule has 0 amide bonds. The maximum atomic E-state index is 6.03. The van der Waals surface area contributed by atoms with Gasteiger partial charge in [-0.2, -0.15) is 0 Å². The van der Waals surface area contributed by atoms with E-state index in [0.717, 1.165) is 11.5 Å². The van der Waals surface area contributed by atoms with Crippen molar-refractivity contribution in [2.24, 2.45) is 0 Å². The smallest absolute Gasteiger partial charge is 0.150 e. The van der Waals surface area contributed by atoms with Crippen LogP contribution in [-0.4, -0.2) is 0 Å². The first-order valence-corrected chi connectivity index (χ1v) is 13.5. The number of hydrogen-bond acceptors (Lipinski definition) is 4. The third-order valence-corrected chi connectivity index (χ3v) is 7.77. The molecule has 5 aromatic rings. The maximum Gasteiger partial charge on any atom is 0.150 e. The zero-order chi connectivity index (χ0) is 28.3. The minimum atomic E-state index is -0.175. The van der Waals surface area contributed by atoms with Gasteiger partial charge in [-0.15, -0.1) is 0 Å². The number of anilines is 2. The molecule has 0 aliphatic rings. The van der Waals surface area contributed by atoms with Crippen molar-refractivity contribution in [3.05, 3.63) is 144 Å². The number of hydrogen-bond donors (Lipinski definition) is 2. The highest BCUT2D eigenvalue weighted by Crippen LogP contribution is 2.37. The Balaban J connectivity index is 1.30. The minimum absolute atomic E-state index is 0.175. The van der Waals surface area contributed by atoms with Crippen LogP contribution in [0.5, 0.6) is 23.0 Å². The highest BCUT2D eigenvalue weighted by atomic mass is 16.5. The van der Waals surface area contributed by atoms with Crippen molar-refractivity contribution in [1.82, 2.24) is 0 Å². The van der Waals surface area contributed by atoms with Gasteiger partial charge in [-0.1, -0.05) is 100 Å². The van der Waals surface area contributed by atoms with Gasteiger partial charge in [0.1, 0.15) is 23.0 Å². The molecule has 0 saturated carbocycles. The lowest BCUT2D eigenvalue weighted by Crippen LogP contribution is -2.21. The van der Waals surface area contributed by atoms with E-state index in [2.05, 4.69) is 76.2 Å². The summed E-state index contributed by atoms with van der Waals surface area (Å²) < 4.78 is 12.0. The van der Waals surface area contributed by atoms with Crippen LogP contribution in [-0.2, 0) is 10.8 Å². The Hall–Kier alpha value is -4.70. The molecule has 0 unspecified atom stereocenters. The minimum Gasteiger partial charge on any atom is -0.455 e. The van der Waals surface area contributed by atoms with Crippen LogP contribution in [0.3, 0.4) is 0 Å². The van der Waals surface area contributed by atoms with Crippen LogP contribution in [0.1, 0.15) is 49.9 Å². The first kappa shape index (κ1) is 26.9. The predicted octanol–water partition coefficient (Wildman–Crippen LogP) is 9.09. The molecule has 40 heavy (non-hydrogen) atoms. The standard InChI is InChI=1S/C36H36N2O2/c1-35(2,27-17-21-29(22-18-27)39-33-11-7-5-9-31(33)37)25-13-15-26(16-14-25)36(3,4)28-19-23-30(24-20-28)40-34-12-8-6-10-32(34)38/h5-24H,37-38H2,1-4H3. The van der Waals surface area contributed by atoms with Crippen molar-refractivity contribution in [2.75, 3.05) is 11.5 Å². The fourth-order valence-electron chi connectivity index (χ4n) is 4.92. The Bertz CT molecular complexity index is 1460. The zero-order valence-corrected chi connectivity index (χ0v) is 23.5. The summed E-state index contributed by atoms with van der Waals surface area (Å²) in [5, 5.41) is 0.